The molecule has 10 nitrogen and oxygen atoms in total. The van der Waals surface area contributed by atoms with Gasteiger partial charge in [-0.05, 0) is 42.7 Å². The Balaban J connectivity index is 1.71. The predicted molar refractivity (Wildman–Crippen MR) is 157 cm³/mol. The average molecular weight is 591 g/mol. The summed E-state index contributed by atoms with van der Waals surface area (Å²) in [6.45, 7) is 10.5. The first-order valence-electron chi connectivity index (χ1n) is 13.5. The number of benzene rings is 1. The second-order valence-corrected chi connectivity index (χ2v) is 11.0. The number of fused-ring (bicyclic) bond motifs is 2. The summed E-state index contributed by atoms with van der Waals surface area (Å²) >= 11 is 6.91. The van der Waals surface area contributed by atoms with E-state index in [9.17, 15) is 14.7 Å². The summed E-state index contributed by atoms with van der Waals surface area (Å²) in [5, 5.41) is 11.0. The van der Waals surface area contributed by atoms with Gasteiger partial charge in [0.15, 0.2) is 11.4 Å². The maximum Gasteiger partial charge on any atom is 0.355 e. The van der Waals surface area contributed by atoms with Crippen LogP contribution in [0.4, 0.5) is 10.2 Å². The van der Waals surface area contributed by atoms with E-state index in [-0.39, 0.29) is 57.9 Å². The summed E-state index contributed by atoms with van der Waals surface area (Å²) in [4.78, 5) is 43.9. The number of pyridine rings is 2. The smallest absolute Gasteiger partial charge is 0.355 e. The van der Waals surface area contributed by atoms with Crippen molar-refractivity contribution in [2.75, 3.05) is 31.1 Å². The SMILES string of the molecule is C=CC(=O)N1CCN2c3nc(=O)n(-c4c(C)ccnc4C(C)C)c4nc(-c5c(O)cccc5F)c(Cl)c(c34)OCC2C1. The first-order valence-corrected chi connectivity index (χ1v) is 13.9. The number of ether oxygens (including phenoxy) is 1. The quantitative estimate of drug-likeness (QED) is 0.349. The van der Waals surface area contributed by atoms with Crippen molar-refractivity contribution >= 4 is 34.4 Å². The van der Waals surface area contributed by atoms with E-state index >= 15 is 4.39 Å². The Morgan fingerprint density at radius 2 is 2.05 bits per heavy atom. The second kappa shape index (κ2) is 10.4. The highest BCUT2D eigenvalue weighted by Gasteiger charge is 2.37. The van der Waals surface area contributed by atoms with Crippen LogP contribution in [0.5, 0.6) is 11.5 Å². The summed E-state index contributed by atoms with van der Waals surface area (Å²) in [6.07, 6.45) is 2.93. The molecule has 4 aromatic rings. The normalized spacial score (nSPS) is 16.3. The molecule has 42 heavy (non-hydrogen) atoms. The minimum absolute atomic E-state index is 0.0398. The molecule has 0 aliphatic carbocycles. The number of piperazine rings is 1. The number of rotatable bonds is 4. The van der Waals surface area contributed by atoms with Crippen LogP contribution in [0, 0.1) is 12.7 Å². The number of aromatic hydroxyl groups is 1. The highest BCUT2D eigenvalue weighted by atomic mass is 35.5. The topological polar surface area (TPSA) is 114 Å². The number of anilines is 1. The van der Waals surface area contributed by atoms with Gasteiger partial charge in [0, 0.05) is 25.8 Å². The van der Waals surface area contributed by atoms with Crippen molar-refractivity contribution in [3.05, 3.63) is 75.7 Å². The molecule has 2 aliphatic rings. The summed E-state index contributed by atoms with van der Waals surface area (Å²) in [6, 6.07) is 5.31. The van der Waals surface area contributed by atoms with Crippen LogP contribution in [0.15, 0.2) is 47.9 Å². The van der Waals surface area contributed by atoms with E-state index in [1.165, 1.54) is 28.8 Å². The van der Waals surface area contributed by atoms with Crippen LogP contribution in [0.3, 0.4) is 0 Å². The van der Waals surface area contributed by atoms with E-state index in [2.05, 4.69) is 16.5 Å². The summed E-state index contributed by atoms with van der Waals surface area (Å²) in [7, 11) is 0. The minimum atomic E-state index is -0.746. The van der Waals surface area contributed by atoms with E-state index < -0.39 is 11.5 Å². The third-order valence-corrected chi connectivity index (χ3v) is 8.07. The number of carbonyl (C=O) groups is 1. The van der Waals surface area contributed by atoms with Gasteiger partial charge in [0.25, 0.3) is 0 Å². The number of hydrogen-bond acceptors (Lipinski definition) is 8. The molecule has 0 spiro atoms. The van der Waals surface area contributed by atoms with Gasteiger partial charge in [0.05, 0.1) is 23.0 Å². The molecule has 6 rings (SSSR count). The molecular formula is C30H28ClFN6O4. The molecule has 1 unspecified atom stereocenters. The summed E-state index contributed by atoms with van der Waals surface area (Å²) in [5.41, 5.74) is 1.10. The Labute approximate surface area is 245 Å². The number of halogens is 2. The van der Waals surface area contributed by atoms with Gasteiger partial charge in [-0.3, -0.25) is 9.78 Å². The van der Waals surface area contributed by atoms with E-state index in [4.69, 9.17) is 21.3 Å². The molecule has 0 bridgehead atoms. The number of phenols is 1. The Kier molecular flexibility index (Phi) is 6.84. The first kappa shape index (κ1) is 27.6. The van der Waals surface area contributed by atoms with Gasteiger partial charge in [-0.1, -0.05) is 38.1 Å². The van der Waals surface area contributed by atoms with Crippen molar-refractivity contribution in [3.63, 3.8) is 0 Å². The fraction of sp³-hybridized carbons (Fsp3) is 0.300. The molecule has 2 aliphatic heterocycles. The zero-order valence-corrected chi connectivity index (χ0v) is 24.0. The number of amides is 1. The van der Waals surface area contributed by atoms with Crippen LogP contribution >= 0.6 is 11.6 Å². The van der Waals surface area contributed by atoms with Crippen molar-refractivity contribution in [2.24, 2.45) is 0 Å². The third kappa shape index (κ3) is 4.27. The van der Waals surface area contributed by atoms with Gasteiger partial charge < -0.3 is 19.6 Å². The molecule has 3 aromatic heterocycles. The van der Waals surface area contributed by atoms with Crippen LogP contribution in [0.2, 0.25) is 5.02 Å². The molecule has 1 fully saturated rings. The van der Waals surface area contributed by atoms with Crippen LogP contribution in [-0.2, 0) is 4.79 Å². The standard InChI is InChI=1S/C30H28ClFN6O4/c1-5-20(40)36-11-12-37-17(13-36)14-42-27-22-28(37)35-30(41)38(26-16(4)9-10-33-24(26)15(2)3)29(22)34-25(23(27)31)21-18(32)7-6-8-19(21)39/h5-10,15,17,39H,1,11-14H2,2-4H3. The number of aryl methyl sites for hydroxylation is 1. The fourth-order valence-corrected chi connectivity index (χ4v) is 5.99. The van der Waals surface area contributed by atoms with Gasteiger partial charge in [0.1, 0.15) is 40.1 Å². The molecule has 1 saturated heterocycles. The van der Waals surface area contributed by atoms with Crippen molar-refractivity contribution in [1.29, 1.82) is 0 Å². The van der Waals surface area contributed by atoms with Crippen molar-refractivity contribution in [2.45, 2.75) is 32.7 Å². The molecule has 1 N–H and O–H groups in total. The van der Waals surface area contributed by atoms with E-state index in [0.29, 0.717) is 42.2 Å². The Bertz CT molecular complexity index is 1820. The maximum absolute atomic E-state index is 15.2. The molecule has 1 atom stereocenters. The van der Waals surface area contributed by atoms with Crippen molar-refractivity contribution in [1.82, 2.24) is 24.4 Å². The number of nitrogens with zero attached hydrogens (tertiary/aromatic N) is 6. The largest absolute Gasteiger partial charge is 0.507 e. The molecule has 1 amide bonds. The minimum Gasteiger partial charge on any atom is -0.507 e. The number of hydrogen-bond donors (Lipinski definition) is 1. The lowest BCUT2D eigenvalue weighted by atomic mass is 10.0. The Hall–Kier alpha value is -4.51. The van der Waals surface area contributed by atoms with E-state index in [0.717, 1.165) is 5.56 Å². The molecule has 216 valence electrons. The second-order valence-electron chi connectivity index (χ2n) is 10.7. The number of aromatic nitrogens is 4. The molecular weight excluding hydrogens is 563 g/mol. The van der Waals surface area contributed by atoms with Crippen LogP contribution in [-0.4, -0.2) is 67.7 Å². The Morgan fingerprint density at radius 1 is 1.26 bits per heavy atom. The van der Waals surface area contributed by atoms with Gasteiger partial charge >= 0.3 is 5.69 Å². The van der Waals surface area contributed by atoms with Crippen LogP contribution in [0.1, 0.15) is 31.0 Å². The monoisotopic (exact) mass is 590 g/mol. The zero-order valence-electron chi connectivity index (χ0n) is 23.3. The van der Waals surface area contributed by atoms with Crippen molar-refractivity contribution in [3.8, 4) is 28.4 Å². The fourth-order valence-electron chi connectivity index (χ4n) is 5.71. The summed E-state index contributed by atoms with van der Waals surface area (Å²) < 4.78 is 22.9. The van der Waals surface area contributed by atoms with Crippen LogP contribution in [0.25, 0.3) is 28.0 Å². The highest BCUT2D eigenvalue weighted by Crippen LogP contribution is 2.47. The molecule has 0 saturated carbocycles. The van der Waals surface area contributed by atoms with Gasteiger partial charge in [-0.2, -0.15) is 4.98 Å². The van der Waals surface area contributed by atoms with Crippen molar-refractivity contribution < 1.29 is 19.0 Å². The zero-order chi connectivity index (χ0) is 29.9. The molecule has 5 heterocycles. The molecule has 0 radical (unpaired) electrons. The van der Waals surface area contributed by atoms with Gasteiger partial charge in [0.2, 0.25) is 5.91 Å². The molecule has 1 aromatic carbocycles. The Morgan fingerprint density at radius 3 is 2.76 bits per heavy atom. The van der Waals surface area contributed by atoms with Gasteiger partial charge in [-0.25, -0.2) is 18.7 Å². The molecule has 12 heteroatoms. The third-order valence-electron chi connectivity index (χ3n) is 7.72. The lowest BCUT2D eigenvalue weighted by molar-refractivity contribution is -0.126. The summed E-state index contributed by atoms with van der Waals surface area (Å²) in [5.74, 6) is -0.932. The highest BCUT2D eigenvalue weighted by molar-refractivity contribution is 6.36. The number of carbonyl (C=O) groups excluding carboxylic acids is 1. The maximum atomic E-state index is 15.2. The van der Waals surface area contributed by atoms with Gasteiger partial charge in [-0.15, -0.1) is 0 Å². The average Bonchev–Trinajstić information content (AvgIpc) is 3.12. The lowest BCUT2D eigenvalue weighted by Gasteiger charge is -2.40. The van der Waals surface area contributed by atoms with E-state index in [1.807, 2.05) is 25.7 Å². The number of phenolic OH excluding ortho intramolecular Hbond substituents is 1. The first-order chi connectivity index (χ1) is 20.1. The van der Waals surface area contributed by atoms with E-state index in [1.54, 1.807) is 17.2 Å². The lowest BCUT2D eigenvalue weighted by Crippen LogP contribution is -2.56. The predicted octanol–water partition coefficient (Wildman–Crippen LogP) is 4.37. The van der Waals surface area contributed by atoms with Crippen LogP contribution < -0.4 is 15.3 Å².